The number of rotatable bonds is 9. The second-order valence-electron chi connectivity index (χ2n) is 6.87. The molecule has 0 fully saturated rings. The number of anilines is 1. The lowest BCUT2D eigenvalue weighted by atomic mass is 10.0. The molecule has 1 aliphatic rings. The number of methoxy groups -OCH3 is 1. The minimum absolute atomic E-state index is 0.203. The quantitative estimate of drug-likeness (QED) is 0.658. The van der Waals surface area contributed by atoms with Crippen molar-refractivity contribution >= 4 is 23.1 Å². The zero-order valence-corrected chi connectivity index (χ0v) is 17.0. The van der Waals surface area contributed by atoms with Crippen molar-refractivity contribution in [2.45, 2.75) is 20.3 Å². The average molecular weight is 394 g/mol. The molecule has 1 heterocycles. The van der Waals surface area contributed by atoms with Crippen molar-refractivity contribution in [1.82, 2.24) is 4.90 Å². The molecule has 0 saturated carbocycles. The number of carbonyl (C=O) groups excluding carboxylic acids is 2. The van der Waals surface area contributed by atoms with Gasteiger partial charge in [-0.05, 0) is 48.7 Å². The zero-order valence-electron chi connectivity index (χ0n) is 17.0. The summed E-state index contributed by atoms with van der Waals surface area (Å²) in [6, 6.07) is 14.9. The van der Waals surface area contributed by atoms with Crippen molar-refractivity contribution in [2.75, 3.05) is 32.2 Å². The number of imide groups is 1. The number of amides is 2. The Labute approximate surface area is 171 Å². The third-order valence-corrected chi connectivity index (χ3v) is 4.59. The molecule has 0 aromatic heterocycles. The molecule has 6 heteroatoms. The summed E-state index contributed by atoms with van der Waals surface area (Å²) < 4.78 is 10.7. The van der Waals surface area contributed by atoms with Gasteiger partial charge >= 0.3 is 0 Å². The summed E-state index contributed by atoms with van der Waals surface area (Å²) >= 11 is 0. The van der Waals surface area contributed by atoms with Gasteiger partial charge in [-0.3, -0.25) is 14.5 Å². The molecule has 0 saturated heterocycles. The van der Waals surface area contributed by atoms with E-state index in [1.165, 1.54) is 4.90 Å². The summed E-state index contributed by atoms with van der Waals surface area (Å²) in [5.74, 6) is 0.0525. The van der Waals surface area contributed by atoms with Gasteiger partial charge in [-0.15, -0.1) is 0 Å². The highest BCUT2D eigenvalue weighted by molar-refractivity contribution is 6.36. The molecule has 152 valence electrons. The molecule has 0 radical (unpaired) electrons. The van der Waals surface area contributed by atoms with Crippen LogP contribution in [0.3, 0.4) is 0 Å². The van der Waals surface area contributed by atoms with Crippen molar-refractivity contribution in [3.63, 3.8) is 0 Å². The van der Waals surface area contributed by atoms with Crippen LogP contribution in [0.5, 0.6) is 5.75 Å². The lowest BCUT2D eigenvalue weighted by molar-refractivity contribution is -0.137. The van der Waals surface area contributed by atoms with E-state index in [9.17, 15) is 9.59 Å². The Balaban J connectivity index is 1.97. The maximum atomic E-state index is 13.1. The number of hydrogen-bond donors (Lipinski definition) is 1. The summed E-state index contributed by atoms with van der Waals surface area (Å²) in [5.41, 5.74) is 3.12. The lowest BCUT2D eigenvalue weighted by Gasteiger charge is -2.14. The van der Waals surface area contributed by atoms with Crippen LogP contribution in [0.4, 0.5) is 5.69 Å². The van der Waals surface area contributed by atoms with E-state index < -0.39 is 0 Å². The van der Waals surface area contributed by atoms with Gasteiger partial charge in [0.1, 0.15) is 11.4 Å². The summed E-state index contributed by atoms with van der Waals surface area (Å²) in [7, 11) is 1.54. The molecule has 2 amide bonds. The van der Waals surface area contributed by atoms with E-state index in [1.54, 1.807) is 7.11 Å². The number of hydrogen-bond acceptors (Lipinski definition) is 5. The fraction of sp³-hybridized carbons (Fsp3) is 0.304. The first kappa shape index (κ1) is 20.6. The Hall–Kier alpha value is -3.12. The minimum atomic E-state index is -0.352. The molecule has 2 aromatic rings. The highest BCUT2D eigenvalue weighted by Crippen LogP contribution is 2.31. The topological polar surface area (TPSA) is 67.9 Å². The molecule has 0 aliphatic carbocycles. The second-order valence-corrected chi connectivity index (χ2v) is 6.87. The Morgan fingerprint density at radius 1 is 1.00 bits per heavy atom. The third kappa shape index (κ3) is 4.66. The predicted molar refractivity (Wildman–Crippen MR) is 113 cm³/mol. The van der Waals surface area contributed by atoms with Gasteiger partial charge in [0, 0.05) is 12.8 Å². The molecule has 1 N–H and O–H groups in total. The fourth-order valence-corrected chi connectivity index (χ4v) is 3.15. The van der Waals surface area contributed by atoms with Gasteiger partial charge < -0.3 is 14.8 Å². The van der Waals surface area contributed by atoms with Crippen molar-refractivity contribution in [3.05, 3.63) is 65.4 Å². The Morgan fingerprint density at radius 3 is 2.41 bits per heavy atom. The standard InChI is InChI=1S/C23H26N2O4/c1-4-13-29-19-10-8-17(9-11-19)20-21(24-18-7-5-6-16(2)15-18)23(27)25(22(20)26)12-14-28-3/h5-11,15,24H,4,12-14H2,1-3H3. The van der Waals surface area contributed by atoms with Crippen LogP contribution >= 0.6 is 0 Å². The average Bonchev–Trinajstić information content (AvgIpc) is 2.95. The van der Waals surface area contributed by atoms with Crippen LogP contribution in [0.2, 0.25) is 0 Å². The van der Waals surface area contributed by atoms with Crippen molar-refractivity contribution in [2.24, 2.45) is 0 Å². The second kappa shape index (κ2) is 9.39. The Bertz CT molecular complexity index is 919. The lowest BCUT2D eigenvalue weighted by Crippen LogP contribution is -2.35. The van der Waals surface area contributed by atoms with E-state index in [0.717, 1.165) is 23.4 Å². The molecular weight excluding hydrogens is 368 g/mol. The van der Waals surface area contributed by atoms with E-state index in [2.05, 4.69) is 5.32 Å². The molecule has 2 aromatic carbocycles. The molecule has 29 heavy (non-hydrogen) atoms. The number of nitrogens with one attached hydrogen (secondary N) is 1. The number of benzene rings is 2. The maximum Gasteiger partial charge on any atom is 0.278 e. The fourth-order valence-electron chi connectivity index (χ4n) is 3.15. The summed E-state index contributed by atoms with van der Waals surface area (Å²) in [6.45, 7) is 5.13. The SMILES string of the molecule is CCCOc1ccc(C2=C(Nc3cccc(C)c3)C(=O)N(CCOC)C2=O)cc1. The Morgan fingerprint density at radius 2 is 1.76 bits per heavy atom. The molecule has 3 rings (SSSR count). The first-order valence-electron chi connectivity index (χ1n) is 9.71. The van der Waals surface area contributed by atoms with Gasteiger partial charge in [-0.2, -0.15) is 0 Å². The van der Waals surface area contributed by atoms with Crippen molar-refractivity contribution in [1.29, 1.82) is 0 Å². The van der Waals surface area contributed by atoms with Crippen LogP contribution in [-0.2, 0) is 14.3 Å². The molecule has 0 spiro atoms. The van der Waals surface area contributed by atoms with Crippen LogP contribution in [0.25, 0.3) is 5.57 Å². The normalized spacial score (nSPS) is 14.0. The summed E-state index contributed by atoms with van der Waals surface area (Å²) in [5, 5.41) is 3.16. The number of ether oxygens (including phenoxy) is 2. The molecule has 0 bridgehead atoms. The molecular formula is C23H26N2O4. The highest BCUT2D eigenvalue weighted by atomic mass is 16.5. The van der Waals surface area contributed by atoms with Gasteiger partial charge in [-0.25, -0.2) is 0 Å². The molecule has 0 unspecified atom stereocenters. The molecule has 6 nitrogen and oxygen atoms in total. The van der Waals surface area contributed by atoms with Gasteiger partial charge in [-0.1, -0.05) is 31.2 Å². The van der Waals surface area contributed by atoms with Crippen molar-refractivity contribution in [3.8, 4) is 5.75 Å². The largest absolute Gasteiger partial charge is 0.494 e. The highest BCUT2D eigenvalue weighted by Gasteiger charge is 2.38. The first-order chi connectivity index (χ1) is 14.0. The van der Waals surface area contributed by atoms with E-state index in [4.69, 9.17) is 9.47 Å². The van der Waals surface area contributed by atoms with Gasteiger partial charge in [0.25, 0.3) is 11.8 Å². The Kier molecular flexibility index (Phi) is 6.67. The third-order valence-electron chi connectivity index (χ3n) is 4.59. The van der Waals surface area contributed by atoms with E-state index in [-0.39, 0.29) is 30.7 Å². The van der Waals surface area contributed by atoms with Crippen LogP contribution in [0.1, 0.15) is 24.5 Å². The van der Waals surface area contributed by atoms with Crippen LogP contribution < -0.4 is 10.1 Å². The summed E-state index contributed by atoms with van der Waals surface area (Å²) in [4.78, 5) is 27.3. The first-order valence-corrected chi connectivity index (χ1v) is 9.71. The minimum Gasteiger partial charge on any atom is -0.494 e. The van der Waals surface area contributed by atoms with E-state index in [0.29, 0.717) is 17.7 Å². The smallest absolute Gasteiger partial charge is 0.278 e. The number of carbonyl (C=O) groups is 2. The molecule has 0 atom stereocenters. The van der Waals surface area contributed by atoms with E-state index in [1.807, 2.05) is 62.4 Å². The van der Waals surface area contributed by atoms with Gasteiger partial charge in [0.2, 0.25) is 0 Å². The van der Waals surface area contributed by atoms with Crippen LogP contribution in [-0.4, -0.2) is 43.6 Å². The van der Waals surface area contributed by atoms with Crippen molar-refractivity contribution < 1.29 is 19.1 Å². The van der Waals surface area contributed by atoms with Gasteiger partial charge in [0.05, 0.1) is 25.3 Å². The maximum absolute atomic E-state index is 13.1. The molecule has 1 aliphatic heterocycles. The van der Waals surface area contributed by atoms with E-state index >= 15 is 0 Å². The predicted octanol–water partition coefficient (Wildman–Crippen LogP) is 3.62. The van der Waals surface area contributed by atoms with Crippen LogP contribution in [0, 0.1) is 6.92 Å². The summed E-state index contributed by atoms with van der Waals surface area (Å²) in [6.07, 6.45) is 0.916. The number of aryl methyl sites for hydroxylation is 1. The zero-order chi connectivity index (χ0) is 20.8. The van der Waals surface area contributed by atoms with Crippen LogP contribution in [0.15, 0.2) is 54.2 Å². The monoisotopic (exact) mass is 394 g/mol. The van der Waals surface area contributed by atoms with Gasteiger partial charge in [0.15, 0.2) is 0 Å². The number of nitrogens with zero attached hydrogens (tertiary/aromatic N) is 1.